The van der Waals surface area contributed by atoms with Crippen molar-refractivity contribution < 1.29 is 34.0 Å². The van der Waals surface area contributed by atoms with Crippen LogP contribution in [0.2, 0.25) is 0 Å². The number of phenols is 2. The number of esters is 1. The molecule has 9 rings (SSSR count). The number of carbonyl (C=O) groups excluding carboxylic acids is 1. The Morgan fingerprint density at radius 1 is 1.02 bits per heavy atom. The molecule has 59 heavy (non-hydrogen) atoms. The van der Waals surface area contributed by atoms with E-state index in [-0.39, 0.29) is 52.4 Å². The molecule has 4 aliphatic rings. The highest BCUT2D eigenvalue weighted by Gasteiger charge is 2.53. The second kappa shape index (κ2) is 15.1. The summed E-state index contributed by atoms with van der Waals surface area (Å²) in [6.07, 6.45) is 11.0. The van der Waals surface area contributed by atoms with Gasteiger partial charge in [0, 0.05) is 59.0 Å². The number of hydrogen-bond donors (Lipinski definition) is 5. The van der Waals surface area contributed by atoms with Gasteiger partial charge in [0.25, 0.3) is 0 Å². The predicted octanol–water partition coefficient (Wildman–Crippen LogP) is 7.06. The average Bonchev–Trinajstić information content (AvgIpc) is 3.76. The van der Waals surface area contributed by atoms with Crippen LogP contribution in [0.1, 0.15) is 109 Å². The molecular weight excluding hydrogens is 749 g/mol. The monoisotopic (exact) mass is 798 g/mol. The molecule has 2 aliphatic carbocycles. The first-order valence-electron chi connectivity index (χ1n) is 20.7. The molecule has 5 atom stereocenters. The molecule has 7 N–H and O–H groups in total. The third kappa shape index (κ3) is 6.67. The number of phenolic OH excluding ortho intramolecular Hbond substituents is 2. The maximum atomic E-state index is 14.4. The number of benzene rings is 2. The van der Waals surface area contributed by atoms with Gasteiger partial charge >= 0.3 is 5.97 Å². The van der Waals surface area contributed by atoms with Crippen molar-refractivity contribution in [3.05, 3.63) is 121 Å². The zero-order valence-electron chi connectivity index (χ0n) is 33.4. The summed E-state index contributed by atoms with van der Waals surface area (Å²) >= 11 is 0. The lowest BCUT2D eigenvalue weighted by atomic mass is 9.68. The predicted molar refractivity (Wildman–Crippen MR) is 222 cm³/mol. The summed E-state index contributed by atoms with van der Waals surface area (Å²) in [6.45, 7) is 3.29. The maximum absolute atomic E-state index is 14.4. The van der Waals surface area contributed by atoms with Crippen LogP contribution in [0, 0.1) is 11.8 Å². The molecule has 1 fully saturated rings. The van der Waals surface area contributed by atoms with Crippen LogP contribution in [0.25, 0.3) is 11.0 Å². The maximum Gasteiger partial charge on any atom is 0.334 e. The Labute approximate surface area is 341 Å². The largest absolute Gasteiger partial charge is 0.508 e. The quantitative estimate of drug-likeness (QED) is 0.0866. The molecule has 12 nitrogen and oxygen atoms in total. The van der Waals surface area contributed by atoms with Crippen LogP contribution in [-0.2, 0) is 41.8 Å². The number of aromatic hydroxyl groups is 2. The molecule has 12 heteroatoms. The fourth-order valence-corrected chi connectivity index (χ4v) is 10.6. The van der Waals surface area contributed by atoms with E-state index in [2.05, 4.69) is 9.97 Å². The number of carbonyl (C=O) groups is 1. The van der Waals surface area contributed by atoms with E-state index in [0.717, 1.165) is 53.5 Å². The van der Waals surface area contributed by atoms with E-state index in [0.29, 0.717) is 66.2 Å². The Morgan fingerprint density at radius 2 is 1.83 bits per heavy atom. The van der Waals surface area contributed by atoms with E-state index in [1.54, 1.807) is 30.6 Å². The molecule has 5 heterocycles. The number of fused-ring (bicyclic) bond motifs is 5. The summed E-state index contributed by atoms with van der Waals surface area (Å²) in [4.78, 5) is 37.6. The van der Waals surface area contributed by atoms with Gasteiger partial charge in [0.15, 0.2) is 5.43 Å². The van der Waals surface area contributed by atoms with Gasteiger partial charge in [0.2, 0.25) is 0 Å². The molecule has 3 aromatic heterocycles. The van der Waals surface area contributed by atoms with E-state index >= 15 is 0 Å². The van der Waals surface area contributed by atoms with E-state index in [1.807, 2.05) is 38.1 Å². The summed E-state index contributed by atoms with van der Waals surface area (Å²) < 4.78 is 20.6. The molecule has 0 radical (unpaired) electrons. The summed E-state index contributed by atoms with van der Waals surface area (Å²) in [6, 6.07) is 12.3. The molecule has 0 amide bonds. The molecule has 0 spiro atoms. The number of ether oxygens (including phenoxy) is 2. The van der Waals surface area contributed by atoms with Crippen LogP contribution in [0.15, 0.2) is 75.7 Å². The minimum absolute atomic E-state index is 0.0218. The highest BCUT2D eigenvalue weighted by atomic mass is 16.6. The first-order valence-corrected chi connectivity index (χ1v) is 20.7. The Hall–Kier alpha value is -5.88. The van der Waals surface area contributed by atoms with Gasteiger partial charge in [-0.05, 0) is 117 Å². The number of aromatic nitrogens is 2. The number of nitrogen functional groups attached to an aromatic ring is 2. The van der Waals surface area contributed by atoms with Gasteiger partial charge in [-0.15, -0.1) is 0 Å². The molecular formula is C47H50N4O8. The number of hydrogen-bond acceptors (Lipinski definition) is 12. The van der Waals surface area contributed by atoms with Gasteiger partial charge in [-0.3, -0.25) is 4.79 Å². The summed E-state index contributed by atoms with van der Waals surface area (Å²) in [5, 5.41) is 33.4. The van der Waals surface area contributed by atoms with Gasteiger partial charge < -0.3 is 40.7 Å². The molecule has 2 aromatic carbocycles. The highest BCUT2D eigenvalue weighted by molar-refractivity contribution is 5.92. The molecule has 5 unspecified atom stereocenters. The van der Waals surface area contributed by atoms with Gasteiger partial charge in [0.05, 0.1) is 0 Å². The molecule has 1 saturated carbocycles. The first kappa shape index (κ1) is 38.6. The average molecular weight is 799 g/mol. The minimum atomic E-state index is -1.22. The molecule has 4 bridgehead atoms. The summed E-state index contributed by atoms with van der Waals surface area (Å²) in [5.41, 5.74) is 17.4. The topological polar surface area (TPSA) is 204 Å². The lowest BCUT2D eigenvalue weighted by Gasteiger charge is -2.49. The highest BCUT2D eigenvalue weighted by Crippen LogP contribution is 2.56. The van der Waals surface area contributed by atoms with Crippen LogP contribution in [0.5, 0.6) is 17.2 Å². The SMILES string of the molecule is CC=C(C(=O)OC1Cc2c3c(c4oc(CO)cc(=O)c4c2O)C2Cc4cc(O)ccc4CCC(CC(Cc4ccc(N)nc4)C1(C)O3)c1c2ccnc1N)C1CCCC1. The van der Waals surface area contributed by atoms with E-state index in [9.17, 15) is 24.9 Å². The first-order chi connectivity index (χ1) is 28.5. The Kier molecular flexibility index (Phi) is 9.86. The Balaban J connectivity index is 1.36. The van der Waals surface area contributed by atoms with E-state index < -0.39 is 35.6 Å². The van der Waals surface area contributed by atoms with Crippen molar-refractivity contribution in [2.24, 2.45) is 11.8 Å². The van der Waals surface area contributed by atoms with Gasteiger partial charge in [-0.25, -0.2) is 14.8 Å². The number of anilines is 2. The number of aliphatic hydroxyl groups excluding tert-OH is 1. The van der Waals surface area contributed by atoms with Crippen LogP contribution in [0.4, 0.5) is 11.6 Å². The van der Waals surface area contributed by atoms with E-state index in [4.69, 9.17) is 25.4 Å². The third-order valence-corrected chi connectivity index (χ3v) is 13.7. The van der Waals surface area contributed by atoms with Crippen molar-refractivity contribution >= 4 is 28.6 Å². The van der Waals surface area contributed by atoms with Crippen molar-refractivity contribution in [3.63, 3.8) is 0 Å². The lowest BCUT2D eigenvalue weighted by Crippen LogP contribution is -2.57. The standard InChI is InChI=1S/C47H50N4O8/c1-3-32(26-6-4-5-7-26)46(56)58-37-21-35-42(55)41-36(54)20-31(23-52)57-44(41)40-34-19-28-18-30(53)12-11-25(28)9-10-27(39-33(34)14-15-50-45(39)49)17-29(47(37,2)59-43(35)40)16-24-8-13-38(48)51-22-24/h3,8,11-15,18,20,22,26-27,29,34,37,52-53,55H,4-7,9-10,16-17,19,21,23H2,1-2H3,(H2,48,51)(H2,49,50). The number of nitrogens with zero attached hydrogens (tertiary/aromatic N) is 2. The number of aryl methyl sites for hydroxylation is 1. The van der Waals surface area contributed by atoms with Crippen molar-refractivity contribution in [1.29, 1.82) is 0 Å². The fourth-order valence-electron chi connectivity index (χ4n) is 10.6. The van der Waals surface area contributed by atoms with Crippen LogP contribution in [-0.4, -0.2) is 43.0 Å². The zero-order chi connectivity index (χ0) is 41.2. The van der Waals surface area contributed by atoms with Crippen LogP contribution < -0.4 is 21.6 Å². The number of allylic oxidation sites excluding steroid dienone is 1. The lowest BCUT2D eigenvalue weighted by molar-refractivity contribution is -0.166. The number of aliphatic hydroxyl groups is 1. The third-order valence-electron chi connectivity index (χ3n) is 13.7. The smallest absolute Gasteiger partial charge is 0.334 e. The van der Waals surface area contributed by atoms with E-state index in [1.165, 1.54) is 6.07 Å². The second-order valence-electron chi connectivity index (χ2n) is 17.0. The van der Waals surface area contributed by atoms with Gasteiger partial charge in [0.1, 0.15) is 63.9 Å². The number of nitrogens with two attached hydrogens (primary N) is 2. The number of pyridine rings is 2. The van der Waals surface area contributed by atoms with Crippen molar-refractivity contribution in [3.8, 4) is 17.2 Å². The van der Waals surface area contributed by atoms with Gasteiger partial charge in [-0.1, -0.05) is 31.1 Å². The molecule has 5 aromatic rings. The fraction of sp³-hybridized carbons (Fsp3) is 0.404. The van der Waals surface area contributed by atoms with Gasteiger partial charge in [-0.2, -0.15) is 0 Å². The van der Waals surface area contributed by atoms with Crippen LogP contribution in [0.3, 0.4) is 0 Å². The van der Waals surface area contributed by atoms with Crippen molar-refractivity contribution in [1.82, 2.24) is 9.97 Å². The Bertz CT molecular complexity index is 2560. The molecule has 306 valence electrons. The normalized spacial score (nSPS) is 24.0. The summed E-state index contributed by atoms with van der Waals surface area (Å²) in [7, 11) is 0. The summed E-state index contributed by atoms with van der Waals surface area (Å²) in [5.74, 6) is -0.562. The van der Waals surface area contributed by atoms with Crippen molar-refractivity contribution in [2.45, 2.75) is 108 Å². The Morgan fingerprint density at radius 3 is 2.58 bits per heavy atom. The number of rotatable bonds is 6. The zero-order valence-corrected chi connectivity index (χ0v) is 33.4. The minimum Gasteiger partial charge on any atom is -0.508 e. The molecule has 2 aliphatic heterocycles. The van der Waals surface area contributed by atoms with Crippen LogP contribution >= 0.6 is 0 Å². The second-order valence-corrected chi connectivity index (χ2v) is 17.0. The van der Waals surface area contributed by atoms with Crippen molar-refractivity contribution in [2.75, 3.05) is 11.5 Å². The molecule has 0 saturated heterocycles.